The summed E-state index contributed by atoms with van der Waals surface area (Å²) in [6.07, 6.45) is 1.05. The van der Waals surface area contributed by atoms with Gasteiger partial charge in [-0.2, -0.15) is 0 Å². The van der Waals surface area contributed by atoms with E-state index in [-0.39, 0.29) is 36.5 Å². The molecule has 1 amide bonds. The predicted octanol–water partition coefficient (Wildman–Crippen LogP) is 3.82. The zero-order valence-corrected chi connectivity index (χ0v) is 22.4. The molecule has 0 bridgehead atoms. The van der Waals surface area contributed by atoms with E-state index in [1.54, 1.807) is 18.4 Å². The normalized spacial score (nSPS) is 11.8. The summed E-state index contributed by atoms with van der Waals surface area (Å²) in [6.45, 7) is 8.83. The van der Waals surface area contributed by atoms with Crippen molar-refractivity contribution in [2.24, 2.45) is 10.9 Å². The van der Waals surface area contributed by atoms with Gasteiger partial charge in [0.2, 0.25) is 0 Å². The summed E-state index contributed by atoms with van der Waals surface area (Å²) in [7, 11) is 1.59. The molecular formula is C23H35IN4O3S. The van der Waals surface area contributed by atoms with Gasteiger partial charge in [0.25, 0.3) is 5.91 Å². The fraction of sp³-hybridized carbons (Fsp3) is 0.478. The number of guanidine groups is 1. The lowest BCUT2D eigenvalue weighted by molar-refractivity contribution is -0.123. The van der Waals surface area contributed by atoms with E-state index < -0.39 is 0 Å². The molecule has 2 aromatic rings. The number of carbonyl (C=O) groups is 1. The van der Waals surface area contributed by atoms with Gasteiger partial charge in [0.05, 0.1) is 13.7 Å². The van der Waals surface area contributed by atoms with Crippen LogP contribution in [-0.4, -0.2) is 45.2 Å². The average molecular weight is 575 g/mol. The molecule has 0 spiro atoms. The van der Waals surface area contributed by atoms with E-state index >= 15 is 0 Å². The summed E-state index contributed by atoms with van der Waals surface area (Å²) in [5.74, 6) is 2.25. The summed E-state index contributed by atoms with van der Waals surface area (Å²) in [5.41, 5.74) is 0.992. The molecule has 178 valence electrons. The highest BCUT2D eigenvalue weighted by Gasteiger charge is 2.09. The first-order valence-corrected chi connectivity index (χ1v) is 11.5. The van der Waals surface area contributed by atoms with Crippen LogP contribution in [0.5, 0.6) is 11.5 Å². The van der Waals surface area contributed by atoms with Crippen LogP contribution in [0.25, 0.3) is 0 Å². The summed E-state index contributed by atoms with van der Waals surface area (Å²) in [6, 6.07) is 9.90. The molecule has 1 unspecified atom stereocenters. The van der Waals surface area contributed by atoms with Gasteiger partial charge in [-0.15, -0.1) is 35.3 Å². The minimum atomic E-state index is -0.159. The molecule has 1 aromatic heterocycles. The number of hydrogen-bond acceptors (Lipinski definition) is 5. The number of nitrogens with one attached hydrogen (secondary N) is 3. The minimum Gasteiger partial charge on any atom is -0.493 e. The standard InChI is InChI=1S/C23H34N4O3S.HI/c1-5-24-22(28)16-30-20-10-9-18(13-21(20)29-4)15-27-23(25-6-2)26-14-17(3)12-19-8-7-11-31-19;/h7-11,13,17H,5-6,12,14-16H2,1-4H3,(H,24,28)(H2,25,26,27);1H. The largest absolute Gasteiger partial charge is 0.493 e. The van der Waals surface area contributed by atoms with Crippen molar-refractivity contribution in [3.8, 4) is 11.5 Å². The van der Waals surface area contributed by atoms with Crippen molar-refractivity contribution in [2.45, 2.75) is 33.7 Å². The van der Waals surface area contributed by atoms with Crippen LogP contribution in [0.4, 0.5) is 0 Å². The number of carbonyl (C=O) groups excluding carboxylic acids is 1. The van der Waals surface area contributed by atoms with E-state index in [1.165, 1.54) is 4.88 Å². The zero-order valence-electron chi connectivity index (χ0n) is 19.3. The summed E-state index contributed by atoms with van der Waals surface area (Å²) in [5, 5.41) is 11.5. The Morgan fingerprint density at radius 2 is 1.91 bits per heavy atom. The second-order valence-corrected chi connectivity index (χ2v) is 8.22. The molecule has 0 saturated carbocycles. The van der Waals surface area contributed by atoms with Crippen molar-refractivity contribution in [1.82, 2.24) is 16.0 Å². The lowest BCUT2D eigenvalue weighted by Crippen LogP contribution is -2.39. The van der Waals surface area contributed by atoms with Crippen LogP contribution in [0.15, 0.2) is 40.7 Å². The number of methoxy groups -OCH3 is 1. The number of thiophene rings is 1. The lowest BCUT2D eigenvalue weighted by Gasteiger charge is -2.16. The number of aliphatic imine (C=N–C) groups is 1. The molecule has 0 aliphatic rings. The van der Waals surface area contributed by atoms with Crippen molar-refractivity contribution in [3.63, 3.8) is 0 Å². The van der Waals surface area contributed by atoms with E-state index in [0.29, 0.717) is 30.5 Å². The van der Waals surface area contributed by atoms with Gasteiger partial charge in [-0.05, 0) is 55.3 Å². The highest BCUT2D eigenvalue weighted by molar-refractivity contribution is 14.0. The van der Waals surface area contributed by atoms with Crippen LogP contribution in [0.2, 0.25) is 0 Å². The Morgan fingerprint density at radius 1 is 1.12 bits per heavy atom. The van der Waals surface area contributed by atoms with E-state index in [0.717, 1.165) is 31.0 Å². The number of ether oxygens (including phenoxy) is 2. The van der Waals surface area contributed by atoms with E-state index in [2.05, 4.69) is 47.3 Å². The second kappa shape index (κ2) is 15.7. The molecule has 2 rings (SSSR count). The van der Waals surface area contributed by atoms with Gasteiger partial charge in [-0.3, -0.25) is 4.79 Å². The van der Waals surface area contributed by atoms with E-state index in [1.807, 2.05) is 25.1 Å². The molecule has 9 heteroatoms. The summed E-state index contributed by atoms with van der Waals surface area (Å²) < 4.78 is 11.0. The van der Waals surface area contributed by atoms with Crippen molar-refractivity contribution >= 4 is 47.2 Å². The Hall–Kier alpha value is -2.01. The van der Waals surface area contributed by atoms with Crippen molar-refractivity contribution < 1.29 is 14.3 Å². The number of amides is 1. The van der Waals surface area contributed by atoms with Crippen molar-refractivity contribution in [2.75, 3.05) is 33.4 Å². The van der Waals surface area contributed by atoms with Crippen molar-refractivity contribution in [3.05, 3.63) is 46.2 Å². The van der Waals surface area contributed by atoms with Crippen LogP contribution < -0.4 is 25.4 Å². The Balaban J connectivity index is 0.00000512. The molecule has 32 heavy (non-hydrogen) atoms. The van der Waals surface area contributed by atoms with Gasteiger partial charge in [0.1, 0.15) is 0 Å². The third-order valence-electron chi connectivity index (χ3n) is 4.47. The highest BCUT2D eigenvalue weighted by atomic mass is 127. The fourth-order valence-electron chi connectivity index (χ4n) is 2.95. The van der Waals surface area contributed by atoms with Crippen LogP contribution in [0.3, 0.4) is 0 Å². The quantitative estimate of drug-likeness (QED) is 0.204. The van der Waals surface area contributed by atoms with Gasteiger partial charge in [0, 0.05) is 24.5 Å². The van der Waals surface area contributed by atoms with Gasteiger partial charge in [-0.1, -0.05) is 19.1 Å². The molecule has 0 fully saturated rings. The van der Waals surface area contributed by atoms with E-state index in [9.17, 15) is 4.79 Å². The Labute approximate surface area is 212 Å². The maximum absolute atomic E-state index is 11.6. The first kappa shape index (κ1) is 28.0. The molecule has 7 nitrogen and oxygen atoms in total. The van der Waals surface area contributed by atoms with Crippen LogP contribution in [0, 0.1) is 5.92 Å². The molecule has 0 saturated heterocycles. The Kier molecular flexibility index (Phi) is 13.8. The van der Waals surface area contributed by atoms with Crippen LogP contribution >= 0.6 is 35.3 Å². The third-order valence-corrected chi connectivity index (χ3v) is 5.37. The average Bonchev–Trinajstić information content (AvgIpc) is 3.27. The Bertz CT molecular complexity index is 831. The molecule has 1 atom stereocenters. The SMILES string of the molecule is CCNC(=O)COc1ccc(CN=C(NCC)NCC(C)Cc2cccs2)cc1OC.I. The van der Waals surface area contributed by atoms with Gasteiger partial charge < -0.3 is 25.4 Å². The highest BCUT2D eigenvalue weighted by Crippen LogP contribution is 2.28. The molecular weight excluding hydrogens is 539 g/mol. The zero-order chi connectivity index (χ0) is 22.5. The molecule has 0 aliphatic heterocycles. The third kappa shape index (κ3) is 10.1. The van der Waals surface area contributed by atoms with Crippen LogP contribution in [-0.2, 0) is 17.8 Å². The molecule has 0 radical (unpaired) electrons. The monoisotopic (exact) mass is 574 g/mol. The number of likely N-dealkylation sites (N-methyl/N-ethyl adjacent to an activating group) is 1. The number of hydrogen-bond donors (Lipinski definition) is 3. The van der Waals surface area contributed by atoms with Gasteiger partial charge in [0.15, 0.2) is 24.1 Å². The maximum atomic E-state index is 11.6. The number of rotatable bonds is 12. The van der Waals surface area contributed by atoms with Crippen molar-refractivity contribution in [1.29, 1.82) is 0 Å². The predicted molar refractivity (Wildman–Crippen MR) is 143 cm³/mol. The van der Waals surface area contributed by atoms with Gasteiger partial charge in [-0.25, -0.2) is 4.99 Å². The fourth-order valence-corrected chi connectivity index (χ4v) is 3.82. The summed E-state index contributed by atoms with van der Waals surface area (Å²) in [4.78, 5) is 17.7. The van der Waals surface area contributed by atoms with Gasteiger partial charge >= 0.3 is 0 Å². The second-order valence-electron chi connectivity index (χ2n) is 7.19. The number of benzene rings is 1. The lowest BCUT2D eigenvalue weighted by atomic mass is 10.1. The summed E-state index contributed by atoms with van der Waals surface area (Å²) >= 11 is 1.80. The first-order valence-electron chi connectivity index (χ1n) is 10.7. The smallest absolute Gasteiger partial charge is 0.257 e. The first-order chi connectivity index (χ1) is 15.0. The number of halogens is 1. The maximum Gasteiger partial charge on any atom is 0.257 e. The molecule has 0 aliphatic carbocycles. The topological polar surface area (TPSA) is 84.0 Å². The Morgan fingerprint density at radius 3 is 2.56 bits per heavy atom. The molecule has 1 aromatic carbocycles. The molecule has 1 heterocycles. The van der Waals surface area contributed by atoms with E-state index in [4.69, 9.17) is 14.5 Å². The number of nitrogens with zero attached hydrogens (tertiary/aromatic N) is 1. The minimum absolute atomic E-state index is 0. The van der Waals surface area contributed by atoms with Crippen LogP contribution in [0.1, 0.15) is 31.2 Å². The molecule has 3 N–H and O–H groups in total.